The molecule has 1 aromatic carbocycles. The molecule has 4 rings (SSSR count). The van der Waals surface area contributed by atoms with Gasteiger partial charge in [0.2, 0.25) is 5.91 Å². The molecule has 0 aliphatic carbocycles. The van der Waals surface area contributed by atoms with E-state index in [0.717, 1.165) is 29.1 Å². The Balaban J connectivity index is 1.36. The number of aromatic nitrogens is 2. The van der Waals surface area contributed by atoms with Gasteiger partial charge in [0.1, 0.15) is 22.7 Å². The molecule has 0 unspecified atom stereocenters. The number of benzene rings is 1. The number of nitro groups is 1. The summed E-state index contributed by atoms with van der Waals surface area (Å²) in [4.78, 5) is 36.9. The summed E-state index contributed by atoms with van der Waals surface area (Å²) in [6.45, 7) is 3.00. The van der Waals surface area contributed by atoms with Crippen LogP contribution in [0.15, 0.2) is 36.0 Å². The molecule has 1 saturated heterocycles. The summed E-state index contributed by atoms with van der Waals surface area (Å²) in [5, 5.41) is 17.1. The number of anilines is 2. The van der Waals surface area contributed by atoms with E-state index in [1.165, 1.54) is 18.2 Å². The summed E-state index contributed by atoms with van der Waals surface area (Å²) in [5.41, 5.74) is -0.0805. The van der Waals surface area contributed by atoms with E-state index in [2.05, 4.69) is 20.2 Å². The molecule has 11 heteroatoms. The number of carbonyl (C=O) groups excluding carboxylic acids is 1. The molecule has 0 radical (unpaired) electrons. The van der Waals surface area contributed by atoms with Crippen molar-refractivity contribution >= 4 is 56.3 Å². The van der Waals surface area contributed by atoms with Crippen molar-refractivity contribution < 1.29 is 9.72 Å². The molecular formula is C18H17ClN6O3S. The third-order valence-electron chi connectivity index (χ3n) is 4.71. The van der Waals surface area contributed by atoms with Crippen molar-refractivity contribution in [1.82, 2.24) is 14.9 Å². The average Bonchev–Trinajstić information content (AvgIpc) is 3.19. The summed E-state index contributed by atoms with van der Waals surface area (Å²) in [5.74, 6) is 0.614. The van der Waals surface area contributed by atoms with Gasteiger partial charge in [-0.2, -0.15) is 0 Å². The lowest BCUT2D eigenvalue weighted by atomic mass is 10.2. The third-order valence-corrected chi connectivity index (χ3v) is 5.77. The Hall–Kier alpha value is -2.82. The standard InChI is InChI=1S/C18H17ClN6O3S/c19-12-1-2-14(15(9-12)25(27)28)22-16(26)10-23-4-6-24(7-5-23)17-13-3-8-29-18(13)21-11-20-17/h1-3,8-9,11H,4-7,10H2,(H,22,26). The molecule has 150 valence electrons. The van der Waals surface area contributed by atoms with Crippen molar-refractivity contribution in [1.29, 1.82) is 0 Å². The first kappa shape index (κ1) is 19.5. The Morgan fingerprint density at radius 1 is 1.24 bits per heavy atom. The van der Waals surface area contributed by atoms with Gasteiger partial charge in [0, 0.05) is 37.3 Å². The second-order valence-corrected chi connectivity index (χ2v) is 7.90. The normalized spacial score (nSPS) is 14.9. The zero-order valence-corrected chi connectivity index (χ0v) is 16.8. The summed E-state index contributed by atoms with van der Waals surface area (Å²) >= 11 is 7.39. The fraction of sp³-hybridized carbons (Fsp3) is 0.278. The first-order valence-electron chi connectivity index (χ1n) is 8.90. The smallest absolute Gasteiger partial charge is 0.294 e. The van der Waals surface area contributed by atoms with Crippen molar-refractivity contribution in [3.63, 3.8) is 0 Å². The number of nitrogens with one attached hydrogen (secondary N) is 1. The molecule has 1 aliphatic heterocycles. The quantitative estimate of drug-likeness (QED) is 0.488. The SMILES string of the molecule is O=C(CN1CCN(c2ncnc3sccc23)CC1)Nc1ccc(Cl)cc1[N+](=O)[O-]. The number of fused-ring (bicyclic) bond motifs is 1. The first-order chi connectivity index (χ1) is 14.0. The summed E-state index contributed by atoms with van der Waals surface area (Å²) in [6, 6.07) is 6.20. The molecule has 0 spiro atoms. The van der Waals surface area contributed by atoms with Gasteiger partial charge in [-0.15, -0.1) is 11.3 Å². The molecule has 1 fully saturated rings. The lowest BCUT2D eigenvalue weighted by Gasteiger charge is -2.35. The Morgan fingerprint density at radius 3 is 2.79 bits per heavy atom. The van der Waals surface area contributed by atoms with E-state index in [1.54, 1.807) is 17.7 Å². The molecule has 1 N–H and O–H groups in total. The van der Waals surface area contributed by atoms with Crippen molar-refractivity contribution in [2.75, 3.05) is 42.9 Å². The third kappa shape index (κ3) is 4.29. The Morgan fingerprint density at radius 2 is 2.03 bits per heavy atom. The van der Waals surface area contributed by atoms with Crippen LogP contribution in [0.2, 0.25) is 5.02 Å². The summed E-state index contributed by atoms with van der Waals surface area (Å²) in [7, 11) is 0. The molecule has 9 nitrogen and oxygen atoms in total. The number of nitrogens with zero attached hydrogens (tertiary/aromatic N) is 5. The fourth-order valence-corrected chi connectivity index (χ4v) is 4.19. The maximum atomic E-state index is 12.4. The molecule has 0 atom stereocenters. The van der Waals surface area contributed by atoms with Gasteiger partial charge in [0.15, 0.2) is 0 Å². The van der Waals surface area contributed by atoms with Crippen LogP contribution >= 0.6 is 22.9 Å². The minimum Gasteiger partial charge on any atom is -0.353 e. The van der Waals surface area contributed by atoms with Crippen molar-refractivity contribution in [3.8, 4) is 0 Å². The second-order valence-electron chi connectivity index (χ2n) is 6.57. The monoisotopic (exact) mass is 432 g/mol. The van der Waals surface area contributed by atoms with Gasteiger partial charge in [-0.05, 0) is 23.6 Å². The lowest BCUT2D eigenvalue weighted by Crippen LogP contribution is -2.49. The van der Waals surface area contributed by atoms with E-state index in [1.807, 2.05) is 16.3 Å². The van der Waals surface area contributed by atoms with Gasteiger partial charge in [-0.3, -0.25) is 19.8 Å². The Kier molecular flexibility index (Phi) is 5.56. The molecular weight excluding hydrogens is 416 g/mol. The second kappa shape index (κ2) is 8.27. The average molecular weight is 433 g/mol. The van der Waals surface area contributed by atoms with Crippen molar-refractivity contribution in [3.05, 3.63) is 51.1 Å². The van der Waals surface area contributed by atoms with Crippen LogP contribution in [0.3, 0.4) is 0 Å². The van der Waals surface area contributed by atoms with Gasteiger partial charge in [0.05, 0.1) is 16.9 Å². The summed E-state index contributed by atoms with van der Waals surface area (Å²) < 4.78 is 0. The number of thiophene rings is 1. The molecule has 3 heterocycles. The predicted octanol–water partition coefficient (Wildman–Crippen LogP) is 3.01. The number of nitro benzene ring substituents is 1. The highest BCUT2D eigenvalue weighted by Gasteiger charge is 2.23. The maximum Gasteiger partial charge on any atom is 0.294 e. The number of hydrogen-bond donors (Lipinski definition) is 1. The lowest BCUT2D eigenvalue weighted by molar-refractivity contribution is -0.383. The van der Waals surface area contributed by atoms with E-state index in [4.69, 9.17) is 11.6 Å². The molecule has 2 aromatic heterocycles. The van der Waals surface area contributed by atoms with Crippen molar-refractivity contribution in [2.24, 2.45) is 0 Å². The zero-order chi connectivity index (χ0) is 20.4. The highest BCUT2D eigenvalue weighted by atomic mass is 35.5. The number of rotatable bonds is 5. The Bertz CT molecular complexity index is 1070. The molecule has 0 bridgehead atoms. The topological polar surface area (TPSA) is 104 Å². The van der Waals surface area contributed by atoms with E-state index in [-0.39, 0.29) is 28.8 Å². The molecule has 3 aromatic rings. The van der Waals surface area contributed by atoms with Gasteiger partial charge in [0.25, 0.3) is 5.69 Å². The van der Waals surface area contributed by atoms with Gasteiger partial charge >= 0.3 is 0 Å². The molecule has 1 amide bonds. The van der Waals surface area contributed by atoms with Crippen LogP contribution in [-0.2, 0) is 4.79 Å². The number of hydrogen-bond acceptors (Lipinski definition) is 8. The summed E-state index contributed by atoms with van der Waals surface area (Å²) in [6.07, 6.45) is 1.58. The highest BCUT2D eigenvalue weighted by molar-refractivity contribution is 7.16. The van der Waals surface area contributed by atoms with Gasteiger partial charge in [-0.1, -0.05) is 11.6 Å². The van der Waals surface area contributed by atoms with Gasteiger partial charge in [-0.25, -0.2) is 9.97 Å². The number of amides is 1. The molecule has 0 saturated carbocycles. The zero-order valence-electron chi connectivity index (χ0n) is 15.2. The molecule has 1 aliphatic rings. The number of halogens is 1. The van der Waals surface area contributed by atoms with Crippen LogP contribution in [0, 0.1) is 10.1 Å². The van der Waals surface area contributed by atoms with Crippen LogP contribution < -0.4 is 10.2 Å². The van der Waals surface area contributed by atoms with E-state index in [9.17, 15) is 14.9 Å². The number of carbonyl (C=O) groups is 1. The first-order valence-corrected chi connectivity index (χ1v) is 10.2. The van der Waals surface area contributed by atoms with Crippen molar-refractivity contribution in [2.45, 2.75) is 0 Å². The van der Waals surface area contributed by atoms with Gasteiger partial charge < -0.3 is 10.2 Å². The minimum absolute atomic E-state index is 0.142. The predicted molar refractivity (Wildman–Crippen MR) is 113 cm³/mol. The van der Waals surface area contributed by atoms with Crippen LogP contribution in [0.5, 0.6) is 0 Å². The highest BCUT2D eigenvalue weighted by Crippen LogP contribution is 2.28. The van der Waals surface area contributed by atoms with Crippen LogP contribution in [0.25, 0.3) is 10.2 Å². The number of piperazine rings is 1. The van der Waals surface area contributed by atoms with Crippen LogP contribution in [0.1, 0.15) is 0 Å². The fourth-order valence-electron chi connectivity index (χ4n) is 3.30. The van der Waals surface area contributed by atoms with E-state index in [0.29, 0.717) is 13.1 Å². The minimum atomic E-state index is -0.562. The van der Waals surface area contributed by atoms with E-state index < -0.39 is 4.92 Å². The Labute approximate surface area is 175 Å². The maximum absolute atomic E-state index is 12.4. The molecule has 29 heavy (non-hydrogen) atoms. The largest absolute Gasteiger partial charge is 0.353 e. The van der Waals surface area contributed by atoms with Crippen LogP contribution in [0.4, 0.5) is 17.2 Å². The van der Waals surface area contributed by atoms with Crippen LogP contribution in [-0.4, -0.2) is 58.4 Å². The van der Waals surface area contributed by atoms with E-state index >= 15 is 0 Å².